The van der Waals surface area contributed by atoms with Gasteiger partial charge in [0.1, 0.15) is 0 Å². The quantitative estimate of drug-likeness (QED) is 0.895. The summed E-state index contributed by atoms with van der Waals surface area (Å²) in [6, 6.07) is 8.53. The van der Waals surface area contributed by atoms with E-state index in [0.29, 0.717) is 12.0 Å². The molecule has 1 aromatic rings. The fourth-order valence-electron chi connectivity index (χ4n) is 2.73. The molecule has 1 aliphatic heterocycles. The molecular formula is C17H26N2O. The van der Waals surface area contributed by atoms with Gasteiger partial charge in [0.25, 0.3) is 5.91 Å². The van der Waals surface area contributed by atoms with E-state index in [1.165, 1.54) is 18.4 Å². The summed E-state index contributed by atoms with van der Waals surface area (Å²) in [5, 5.41) is 3.46. The third-order valence-electron chi connectivity index (χ3n) is 4.10. The average molecular weight is 274 g/mol. The van der Waals surface area contributed by atoms with Crippen LogP contribution < -0.4 is 5.32 Å². The van der Waals surface area contributed by atoms with E-state index >= 15 is 0 Å². The van der Waals surface area contributed by atoms with Crippen molar-refractivity contribution in [1.82, 2.24) is 10.2 Å². The summed E-state index contributed by atoms with van der Waals surface area (Å²) in [4.78, 5) is 14.5. The Labute approximate surface area is 122 Å². The lowest BCUT2D eigenvalue weighted by molar-refractivity contribution is 0.0751. The summed E-state index contributed by atoms with van der Waals surface area (Å²) >= 11 is 0. The maximum atomic E-state index is 12.5. The normalized spacial score (nSPS) is 18.5. The van der Waals surface area contributed by atoms with Crippen LogP contribution in [0.3, 0.4) is 0 Å². The van der Waals surface area contributed by atoms with Crippen molar-refractivity contribution in [3.8, 4) is 0 Å². The highest BCUT2D eigenvalue weighted by Gasteiger charge is 2.21. The van der Waals surface area contributed by atoms with Gasteiger partial charge in [0.2, 0.25) is 0 Å². The molecule has 1 N–H and O–H groups in total. The van der Waals surface area contributed by atoms with E-state index in [-0.39, 0.29) is 5.91 Å². The molecule has 1 amide bonds. The fraction of sp³-hybridized carbons (Fsp3) is 0.588. The Morgan fingerprint density at radius 3 is 2.55 bits per heavy atom. The Morgan fingerprint density at radius 1 is 1.35 bits per heavy atom. The molecule has 0 radical (unpaired) electrons. The molecule has 0 saturated carbocycles. The molecular weight excluding hydrogens is 248 g/mol. The predicted octanol–water partition coefficient (Wildman–Crippen LogP) is 3.02. The summed E-state index contributed by atoms with van der Waals surface area (Å²) in [5.74, 6) is 0.653. The van der Waals surface area contributed by atoms with E-state index in [2.05, 4.69) is 38.2 Å². The molecule has 110 valence electrons. The molecule has 20 heavy (non-hydrogen) atoms. The lowest BCUT2D eigenvalue weighted by Crippen LogP contribution is -2.41. The Kier molecular flexibility index (Phi) is 5.18. The number of carbonyl (C=O) groups excluding carboxylic acids is 1. The van der Waals surface area contributed by atoms with E-state index in [9.17, 15) is 4.79 Å². The molecule has 1 aliphatic rings. The monoisotopic (exact) mass is 274 g/mol. The van der Waals surface area contributed by atoms with Crippen LogP contribution in [0.2, 0.25) is 0 Å². The van der Waals surface area contributed by atoms with Crippen LogP contribution in [-0.4, -0.2) is 36.5 Å². The Bertz CT molecular complexity index is 433. The van der Waals surface area contributed by atoms with E-state index in [4.69, 9.17) is 0 Å². The van der Waals surface area contributed by atoms with Crippen LogP contribution in [0.1, 0.15) is 55.5 Å². The molecule has 1 aromatic carbocycles. The molecule has 1 atom stereocenters. The maximum Gasteiger partial charge on any atom is 0.253 e. The number of likely N-dealkylation sites (N-methyl/N-ethyl adjacent to an activating group) is 1. The summed E-state index contributed by atoms with van der Waals surface area (Å²) in [7, 11) is 0. The van der Waals surface area contributed by atoms with Gasteiger partial charge in [-0.25, -0.2) is 0 Å². The van der Waals surface area contributed by atoms with Crippen molar-refractivity contribution in [1.29, 1.82) is 0 Å². The molecule has 1 unspecified atom stereocenters. The Balaban J connectivity index is 2.03. The lowest BCUT2D eigenvalue weighted by atomic mass is 10.0. The lowest BCUT2D eigenvalue weighted by Gasteiger charge is -2.24. The van der Waals surface area contributed by atoms with Gasteiger partial charge < -0.3 is 10.2 Å². The van der Waals surface area contributed by atoms with Crippen LogP contribution in [-0.2, 0) is 0 Å². The molecule has 1 fully saturated rings. The van der Waals surface area contributed by atoms with E-state index in [0.717, 1.165) is 25.2 Å². The molecule has 0 aromatic heterocycles. The predicted molar refractivity (Wildman–Crippen MR) is 83.1 cm³/mol. The van der Waals surface area contributed by atoms with Crippen molar-refractivity contribution in [3.05, 3.63) is 35.4 Å². The third-order valence-corrected chi connectivity index (χ3v) is 4.10. The number of nitrogens with one attached hydrogen (secondary N) is 1. The van der Waals surface area contributed by atoms with Crippen molar-refractivity contribution in [2.24, 2.45) is 0 Å². The number of hydrogen-bond donors (Lipinski definition) is 1. The van der Waals surface area contributed by atoms with Crippen LogP contribution in [0.15, 0.2) is 24.3 Å². The minimum atomic E-state index is 0.150. The molecule has 1 heterocycles. The second-order valence-corrected chi connectivity index (χ2v) is 5.91. The zero-order chi connectivity index (χ0) is 14.5. The minimum absolute atomic E-state index is 0.150. The number of rotatable bonds is 5. The first-order valence-electron chi connectivity index (χ1n) is 7.74. The van der Waals surface area contributed by atoms with Crippen molar-refractivity contribution in [2.45, 2.75) is 45.6 Å². The molecule has 0 spiro atoms. The summed E-state index contributed by atoms with van der Waals surface area (Å²) in [5.41, 5.74) is 2.08. The first-order chi connectivity index (χ1) is 9.61. The number of amides is 1. The molecule has 3 nitrogen and oxygen atoms in total. The second kappa shape index (κ2) is 6.89. The fourth-order valence-corrected chi connectivity index (χ4v) is 2.73. The van der Waals surface area contributed by atoms with Gasteiger partial charge in [-0.05, 0) is 49.9 Å². The van der Waals surface area contributed by atoms with Crippen LogP contribution in [0, 0.1) is 0 Å². The Hall–Kier alpha value is -1.35. The van der Waals surface area contributed by atoms with Crippen molar-refractivity contribution < 1.29 is 4.79 Å². The smallest absolute Gasteiger partial charge is 0.253 e. The first kappa shape index (κ1) is 15.0. The van der Waals surface area contributed by atoms with Crippen LogP contribution >= 0.6 is 0 Å². The van der Waals surface area contributed by atoms with E-state index < -0.39 is 0 Å². The second-order valence-electron chi connectivity index (χ2n) is 5.91. The molecule has 3 heteroatoms. The number of hydrogen-bond acceptors (Lipinski definition) is 2. The van der Waals surface area contributed by atoms with Gasteiger partial charge in [0, 0.05) is 24.7 Å². The van der Waals surface area contributed by atoms with Gasteiger partial charge in [-0.2, -0.15) is 0 Å². The highest BCUT2D eigenvalue weighted by molar-refractivity contribution is 5.94. The van der Waals surface area contributed by atoms with Crippen LogP contribution in [0.25, 0.3) is 0 Å². The van der Waals surface area contributed by atoms with Crippen molar-refractivity contribution in [3.63, 3.8) is 0 Å². The van der Waals surface area contributed by atoms with E-state index in [1.54, 1.807) is 0 Å². The SMILES string of the molecule is CCN(CC1CCCN1)C(=O)c1ccc(C(C)C)cc1. The van der Waals surface area contributed by atoms with Gasteiger partial charge in [-0.3, -0.25) is 4.79 Å². The van der Waals surface area contributed by atoms with E-state index in [1.807, 2.05) is 17.0 Å². The van der Waals surface area contributed by atoms with Gasteiger partial charge >= 0.3 is 0 Å². The van der Waals surface area contributed by atoms with Gasteiger partial charge in [-0.15, -0.1) is 0 Å². The van der Waals surface area contributed by atoms with Crippen LogP contribution in [0.5, 0.6) is 0 Å². The standard InChI is InChI=1S/C17H26N2O/c1-4-19(12-16-6-5-11-18-16)17(20)15-9-7-14(8-10-15)13(2)3/h7-10,13,16,18H,4-6,11-12H2,1-3H3. The highest BCUT2D eigenvalue weighted by Crippen LogP contribution is 2.16. The van der Waals surface area contributed by atoms with Gasteiger partial charge in [0.05, 0.1) is 0 Å². The molecule has 0 bridgehead atoms. The molecule has 0 aliphatic carbocycles. The summed E-state index contributed by atoms with van der Waals surface area (Å²) < 4.78 is 0. The number of benzene rings is 1. The van der Waals surface area contributed by atoms with Crippen LogP contribution in [0.4, 0.5) is 0 Å². The average Bonchev–Trinajstić information content (AvgIpc) is 2.97. The maximum absolute atomic E-state index is 12.5. The summed E-state index contributed by atoms with van der Waals surface area (Å²) in [6.45, 7) is 9.06. The zero-order valence-corrected chi connectivity index (χ0v) is 12.9. The summed E-state index contributed by atoms with van der Waals surface area (Å²) in [6.07, 6.45) is 2.40. The zero-order valence-electron chi connectivity index (χ0n) is 12.9. The Morgan fingerprint density at radius 2 is 2.05 bits per heavy atom. The van der Waals surface area contributed by atoms with Crippen molar-refractivity contribution in [2.75, 3.05) is 19.6 Å². The van der Waals surface area contributed by atoms with Gasteiger partial charge in [-0.1, -0.05) is 26.0 Å². The highest BCUT2D eigenvalue weighted by atomic mass is 16.2. The largest absolute Gasteiger partial charge is 0.337 e. The number of carbonyl (C=O) groups is 1. The third kappa shape index (κ3) is 3.60. The minimum Gasteiger partial charge on any atom is -0.337 e. The molecule has 2 rings (SSSR count). The molecule has 1 saturated heterocycles. The van der Waals surface area contributed by atoms with Crippen molar-refractivity contribution >= 4 is 5.91 Å². The number of nitrogens with zero attached hydrogens (tertiary/aromatic N) is 1. The first-order valence-corrected chi connectivity index (χ1v) is 7.74. The topological polar surface area (TPSA) is 32.3 Å². The van der Waals surface area contributed by atoms with Gasteiger partial charge in [0.15, 0.2) is 0 Å².